The summed E-state index contributed by atoms with van der Waals surface area (Å²) in [6.45, 7) is 0. The van der Waals surface area contributed by atoms with Gasteiger partial charge in [-0.3, -0.25) is 0 Å². The van der Waals surface area contributed by atoms with E-state index in [1.165, 1.54) is 39.0 Å². The largest absolute Gasteiger partial charge is 0.309 e. The number of hydrogen-bond acceptors (Lipinski definition) is 0. The van der Waals surface area contributed by atoms with E-state index in [2.05, 4.69) is 71.3 Å². The van der Waals surface area contributed by atoms with Gasteiger partial charge in [-0.1, -0.05) is 54.1 Å². The number of benzene rings is 3. The van der Waals surface area contributed by atoms with Gasteiger partial charge in [-0.05, 0) is 41.5 Å². The minimum atomic E-state index is 0.810. The Hall–Kier alpha value is -2.51. The first-order chi connectivity index (χ1) is 11.3. The van der Waals surface area contributed by atoms with Gasteiger partial charge in [0.15, 0.2) is 0 Å². The molecule has 0 atom stereocenters. The fourth-order valence-electron chi connectivity index (χ4n) is 3.74. The molecule has 4 aromatic rings. The molecule has 0 fully saturated rings. The molecule has 0 unspecified atom stereocenters. The Morgan fingerprint density at radius 2 is 1.61 bits per heavy atom. The molecule has 1 aliphatic carbocycles. The molecule has 0 spiro atoms. The van der Waals surface area contributed by atoms with E-state index in [4.69, 9.17) is 11.6 Å². The summed E-state index contributed by atoms with van der Waals surface area (Å²) in [5.41, 5.74) is 7.80. The van der Waals surface area contributed by atoms with Crippen LogP contribution in [0.15, 0.2) is 72.8 Å². The van der Waals surface area contributed by atoms with Crippen LogP contribution >= 0.6 is 11.6 Å². The highest BCUT2D eigenvalue weighted by atomic mass is 35.5. The Kier molecular flexibility index (Phi) is 2.67. The second-order valence-corrected chi connectivity index (χ2v) is 6.43. The van der Waals surface area contributed by atoms with Crippen molar-refractivity contribution in [3.05, 3.63) is 88.9 Å². The van der Waals surface area contributed by atoms with Gasteiger partial charge in [0.1, 0.15) is 0 Å². The second kappa shape index (κ2) is 4.74. The number of hydrogen-bond donors (Lipinski definition) is 0. The number of aromatic nitrogens is 1. The van der Waals surface area contributed by atoms with E-state index in [0.29, 0.717) is 0 Å². The van der Waals surface area contributed by atoms with Gasteiger partial charge in [0.2, 0.25) is 0 Å². The van der Waals surface area contributed by atoms with Crippen LogP contribution in [0.2, 0.25) is 5.02 Å². The summed E-state index contributed by atoms with van der Waals surface area (Å²) in [4.78, 5) is 0. The zero-order valence-corrected chi connectivity index (χ0v) is 13.2. The molecule has 3 aromatic carbocycles. The third kappa shape index (κ3) is 1.80. The van der Waals surface area contributed by atoms with Crippen LogP contribution in [0.1, 0.15) is 11.1 Å². The average Bonchev–Trinajstić information content (AvgIpc) is 3.09. The predicted octanol–water partition coefficient (Wildman–Crippen LogP) is 5.86. The van der Waals surface area contributed by atoms with Crippen LogP contribution in [0.4, 0.5) is 0 Å². The normalized spacial score (nSPS) is 12.4. The standard InChI is InChI=1S/C21H14ClN/c22-15-10-11-17-14(12-15)13-19-18-8-4-5-9-20(18)23(21(17)19)16-6-2-1-3-7-16/h1-12H,13H2. The van der Waals surface area contributed by atoms with E-state index in [-0.39, 0.29) is 0 Å². The lowest BCUT2D eigenvalue weighted by molar-refractivity contribution is 1.13. The van der Waals surface area contributed by atoms with Gasteiger partial charge in [0.25, 0.3) is 0 Å². The number of halogens is 1. The van der Waals surface area contributed by atoms with Crippen LogP contribution in [0, 0.1) is 0 Å². The molecule has 0 saturated heterocycles. The second-order valence-electron chi connectivity index (χ2n) is 5.99. The smallest absolute Gasteiger partial charge is 0.0579 e. The molecule has 23 heavy (non-hydrogen) atoms. The molecule has 0 saturated carbocycles. The summed E-state index contributed by atoms with van der Waals surface area (Å²) in [5.74, 6) is 0. The fourth-order valence-corrected chi connectivity index (χ4v) is 3.94. The van der Waals surface area contributed by atoms with Gasteiger partial charge in [0.05, 0.1) is 11.2 Å². The van der Waals surface area contributed by atoms with Gasteiger partial charge >= 0.3 is 0 Å². The summed E-state index contributed by atoms with van der Waals surface area (Å²) in [5, 5.41) is 2.14. The van der Waals surface area contributed by atoms with Gasteiger partial charge in [0, 0.05) is 28.1 Å². The Morgan fingerprint density at radius 3 is 2.48 bits per heavy atom. The minimum absolute atomic E-state index is 0.810. The maximum atomic E-state index is 6.20. The van der Waals surface area contributed by atoms with Crippen LogP contribution in [-0.2, 0) is 6.42 Å². The summed E-state index contributed by atoms with van der Waals surface area (Å²) >= 11 is 6.20. The SMILES string of the molecule is Clc1ccc2c(c1)Cc1c-2n(-c2ccccc2)c2ccccc12. The zero-order valence-electron chi connectivity index (χ0n) is 12.5. The summed E-state index contributed by atoms with van der Waals surface area (Å²) in [7, 11) is 0. The maximum Gasteiger partial charge on any atom is 0.0579 e. The molecule has 110 valence electrons. The first-order valence-electron chi connectivity index (χ1n) is 7.79. The average molecular weight is 316 g/mol. The first kappa shape index (κ1) is 13.0. The molecule has 2 heteroatoms. The van der Waals surface area contributed by atoms with Crippen LogP contribution in [0.25, 0.3) is 27.8 Å². The zero-order chi connectivity index (χ0) is 15.4. The topological polar surface area (TPSA) is 4.93 Å². The van der Waals surface area contributed by atoms with Crippen LogP contribution in [0.3, 0.4) is 0 Å². The highest BCUT2D eigenvalue weighted by Crippen LogP contribution is 2.44. The number of rotatable bonds is 1. The lowest BCUT2D eigenvalue weighted by atomic mass is 10.1. The highest BCUT2D eigenvalue weighted by molar-refractivity contribution is 6.30. The van der Waals surface area contributed by atoms with Crippen molar-refractivity contribution in [2.75, 3.05) is 0 Å². The van der Waals surface area contributed by atoms with E-state index in [0.717, 1.165) is 11.4 Å². The van der Waals surface area contributed by atoms with E-state index in [1.54, 1.807) is 0 Å². The van der Waals surface area contributed by atoms with E-state index >= 15 is 0 Å². The Labute approximate surface area is 139 Å². The number of nitrogens with zero attached hydrogens (tertiary/aromatic N) is 1. The Bertz CT molecular complexity index is 1040. The molecular formula is C21H14ClN. The van der Waals surface area contributed by atoms with E-state index in [1.807, 2.05) is 6.07 Å². The molecule has 0 amide bonds. The molecule has 1 aliphatic rings. The maximum absolute atomic E-state index is 6.20. The molecule has 5 rings (SSSR count). The lowest BCUT2D eigenvalue weighted by Crippen LogP contribution is -1.96. The third-order valence-corrected chi connectivity index (χ3v) is 4.92. The molecule has 0 N–H and O–H groups in total. The van der Waals surface area contributed by atoms with Crippen molar-refractivity contribution in [1.82, 2.24) is 4.57 Å². The predicted molar refractivity (Wildman–Crippen MR) is 96.5 cm³/mol. The monoisotopic (exact) mass is 315 g/mol. The van der Waals surface area contributed by atoms with Crippen molar-refractivity contribution in [2.24, 2.45) is 0 Å². The molecule has 1 nitrogen and oxygen atoms in total. The van der Waals surface area contributed by atoms with Crippen LogP contribution in [0.5, 0.6) is 0 Å². The molecule has 0 bridgehead atoms. The van der Waals surface area contributed by atoms with E-state index < -0.39 is 0 Å². The molecular weight excluding hydrogens is 302 g/mol. The van der Waals surface area contributed by atoms with Gasteiger partial charge < -0.3 is 4.57 Å². The Balaban J connectivity index is 1.92. The van der Waals surface area contributed by atoms with Crippen molar-refractivity contribution in [2.45, 2.75) is 6.42 Å². The molecule has 0 aliphatic heterocycles. The van der Waals surface area contributed by atoms with Gasteiger partial charge in [-0.15, -0.1) is 0 Å². The minimum Gasteiger partial charge on any atom is -0.309 e. The van der Waals surface area contributed by atoms with Gasteiger partial charge in [-0.2, -0.15) is 0 Å². The molecule has 0 radical (unpaired) electrons. The van der Waals surface area contributed by atoms with Crippen molar-refractivity contribution in [3.63, 3.8) is 0 Å². The summed E-state index contributed by atoms with van der Waals surface area (Å²) in [6.07, 6.45) is 0.950. The van der Waals surface area contributed by atoms with Gasteiger partial charge in [-0.25, -0.2) is 0 Å². The fraction of sp³-hybridized carbons (Fsp3) is 0.0476. The molecule has 1 heterocycles. The lowest BCUT2D eigenvalue weighted by Gasteiger charge is -2.11. The van der Waals surface area contributed by atoms with E-state index in [9.17, 15) is 0 Å². The summed E-state index contributed by atoms with van der Waals surface area (Å²) < 4.78 is 2.38. The van der Waals surface area contributed by atoms with Crippen molar-refractivity contribution in [1.29, 1.82) is 0 Å². The Morgan fingerprint density at radius 1 is 0.826 bits per heavy atom. The molecule has 1 aromatic heterocycles. The van der Waals surface area contributed by atoms with Crippen molar-refractivity contribution < 1.29 is 0 Å². The first-order valence-corrected chi connectivity index (χ1v) is 8.17. The highest BCUT2D eigenvalue weighted by Gasteiger charge is 2.27. The van der Waals surface area contributed by atoms with Crippen LogP contribution < -0.4 is 0 Å². The number of para-hydroxylation sites is 2. The quantitative estimate of drug-likeness (QED) is 0.365. The third-order valence-electron chi connectivity index (χ3n) is 4.68. The van der Waals surface area contributed by atoms with Crippen molar-refractivity contribution in [3.8, 4) is 16.9 Å². The van der Waals surface area contributed by atoms with Crippen molar-refractivity contribution >= 4 is 22.5 Å². The summed E-state index contributed by atoms with van der Waals surface area (Å²) in [6, 6.07) is 25.5. The number of fused-ring (bicyclic) bond motifs is 5. The van der Waals surface area contributed by atoms with Crippen LogP contribution in [-0.4, -0.2) is 4.57 Å².